The summed E-state index contributed by atoms with van der Waals surface area (Å²) in [5.74, 6) is 0. The summed E-state index contributed by atoms with van der Waals surface area (Å²) in [5.41, 5.74) is 0. The Kier molecular flexibility index (Phi) is 6.28. The van der Waals surface area contributed by atoms with Gasteiger partial charge < -0.3 is 0 Å². The average Bonchev–Trinajstić information content (AvgIpc) is 2.46. The second kappa shape index (κ2) is 8.00. The molecule has 0 aliphatic carbocycles. The number of benzene rings is 2. The molecule has 93 valence electrons. The number of hydrogen-bond acceptors (Lipinski definition) is 0. The van der Waals surface area contributed by atoms with E-state index in [4.69, 9.17) is 0 Å². The van der Waals surface area contributed by atoms with Crippen molar-refractivity contribution in [2.75, 3.05) is 5.33 Å². The van der Waals surface area contributed by atoms with Crippen molar-refractivity contribution in [3.63, 3.8) is 0 Å². The minimum absolute atomic E-state index is 1.13. The summed E-state index contributed by atoms with van der Waals surface area (Å²) in [6, 6.07) is 22.3. The Hall–Kier alpha value is -0.281. The van der Waals surface area contributed by atoms with Gasteiger partial charge in [-0.05, 0) is 0 Å². The van der Waals surface area contributed by atoms with Crippen molar-refractivity contribution in [2.45, 2.75) is 17.3 Å². The SMILES string of the molecule is BrCCC[CH2][Sn]([c]1ccccc1)[c]1ccccc1. The van der Waals surface area contributed by atoms with Gasteiger partial charge >= 0.3 is 126 Å². The standard InChI is InChI=1S/2C6H5.C4H8Br.Sn/c2*1-2-4-6-5-3-1;1-2-3-4-5;/h2*1-5H;1-4H2;. The topological polar surface area (TPSA) is 0 Å². The van der Waals surface area contributed by atoms with Gasteiger partial charge in [0.05, 0.1) is 0 Å². The van der Waals surface area contributed by atoms with E-state index >= 15 is 0 Å². The maximum absolute atomic E-state index is 3.53. The maximum atomic E-state index is 3.53. The van der Waals surface area contributed by atoms with Crippen LogP contribution in [0.5, 0.6) is 0 Å². The molecule has 0 spiro atoms. The molecule has 0 aromatic heterocycles. The van der Waals surface area contributed by atoms with E-state index in [2.05, 4.69) is 76.6 Å². The number of hydrogen-bond donors (Lipinski definition) is 0. The molecule has 0 nitrogen and oxygen atoms in total. The first-order valence-electron chi connectivity index (χ1n) is 6.44. The summed E-state index contributed by atoms with van der Waals surface area (Å²) in [5, 5.41) is 1.13. The summed E-state index contributed by atoms with van der Waals surface area (Å²) >= 11 is 1.89. The van der Waals surface area contributed by atoms with E-state index < -0.39 is 19.8 Å². The van der Waals surface area contributed by atoms with Crippen molar-refractivity contribution < 1.29 is 0 Å². The zero-order chi connectivity index (χ0) is 12.6. The predicted octanol–water partition coefficient (Wildman–Crippen LogP) is 3.47. The number of alkyl halides is 1. The Bertz CT molecular complexity index is 402. The summed E-state index contributed by atoms with van der Waals surface area (Å²) in [7, 11) is 0. The van der Waals surface area contributed by atoms with E-state index in [1.54, 1.807) is 7.16 Å². The molecule has 1 radical (unpaired) electrons. The first kappa shape index (κ1) is 14.1. The van der Waals surface area contributed by atoms with Gasteiger partial charge in [-0.2, -0.15) is 0 Å². The zero-order valence-corrected chi connectivity index (χ0v) is 14.9. The van der Waals surface area contributed by atoms with E-state index in [9.17, 15) is 0 Å². The third-order valence-electron chi connectivity index (χ3n) is 3.05. The molecule has 0 bridgehead atoms. The summed E-state index contributed by atoms with van der Waals surface area (Å²) in [6.45, 7) is 0. The van der Waals surface area contributed by atoms with Gasteiger partial charge in [-0.1, -0.05) is 0 Å². The van der Waals surface area contributed by atoms with E-state index in [1.807, 2.05) is 0 Å². The van der Waals surface area contributed by atoms with Gasteiger partial charge in [0, 0.05) is 0 Å². The normalized spacial score (nSPS) is 10.8. The van der Waals surface area contributed by atoms with Gasteiger partial charge in [0.25, 0.3) is 0 Å². The first-order valence-corrected chi connectivity index (χ1v) is 12.4. The number of rotatable bonds is 6. The van der Waals surface area contributed by atoms with Crippen LogP contribution in [0.25, 0.3) is 0 Å². The number of unbranched alkanes of at least 4 members (excludes halogenated alkanes) is 1. The third-order valence-corrected chi connectivity index (χ3v) is 11.9. The summed E-state index contributed by atoms with van der Waals surface area (Å²) < 4.78 is 4.67. The van der Waals surface area contributed by atoms with Crippen molar-refractivity contribution >= 4 is 42.8 Å². The molecule has 2 rings (SSSR count). The summed E-state index contributed by atoms with van der Waals surface area (Å²) in [4.78, 5) is 0. The first-order chi connectivity index (χ1) is 8.92. The molecule has 2 aromatic carbocycles. The average molecular weight is 409 g/mol. The predicted molar refractivity (Wildman–Crippen MR) is 85.7 cm³/mol. The van der Waals surface area contributed by atoms with Crippen LogP contribution >= 0.6 is 15.9 Å². The van der Waals surface area contributed by atoms with Crippen molar-refractivity contribution in [2.24, 2.45) is 0 Å². The monoisotopic (exact) mass is 409 g/mol. The molecule has 0 aliphatic rings. The van der Waals surface area contributed by atoms with Gasteiger partial charge in [-0.25, -0.2) is 0 Å². The molecule has 0 amide bonds. The second-order valence-electron chi connectivity index (χ2n) is 4.36. The Balaban J connectivity index is 2.18. The Morgan fingerprint density at radius 2 is 1.22 bits per heavy atom. The van der Waals surface area contributed by atoms with Gasteiger partial charge in [0.15, 0.2) is 0 Å². The van der Waals surface area contributed by atoms with E-state index in [1.165, 1.54) is 17.3 Å². The van der Waals surface area contributed by atoms with Crippen molar-refractivity contribution in [1.82, 2.24) is 0 Å². The quantitative estimate of drug-likeness (QED) is 0.390. The Morgan fingerprint density at radius 3 is 1.67 bits per heavy atom. The third kappa shape index (κ3) is 4.13. The fourth-order valence-corrected chi connectivity index (χ4v) is 10.2. The molecular formula is C16H18BrSn. The van der Waals surface area contributed by atoms with Crippen molar-refractivity contribution in [3.05, 3.63) is 60.7 Å². The minimum atomic E-state index is -1.64. The van der Waals surface area contributed by atoms with Crippen LogP contribution in [0.2, 0.25) is 4.44 Å². The van der Waals surface area contributed by atoms with Crippen LogP contribution in [0.3, 0.4) is 0 Å². The summed E-state index contributed by atoms with van der Waals surface area (Å²) in [6.07, 6.45) is 2.65. The van der Waals surface area contributed by atoms with Crippen LogP contribution < -0.4 is 7.16 Å². The van der Waals surface area contributed by atoms with E-state index in [-0.39, 0.29) is 0 Å². The molecule has 2 heteroatoms. The van der Waals surface area contributed by atoms with E-state index in [0.29, 0.717) is 0 Å². The van der Waals surface area contributed by atoms with Crippen LogP contribution in [0, 0.1) is 0 Å². The molecule has 2 aromatic rings. The van der Waals surface area contributed by atoms with Crippen LogP contribution in [-0.4, -0.2) is 25.1 Å². The Morgan fingerprint density at radius 1 is 0.722 bits per heavy atom. The fourth-order valence-electron chi connectivity index (χ4n) is 2.13. The molecule has 18 heavy (non-hydrogen) atoms. The van der Waals surface area contributed by atoms with Gasteiger partial charge in [-0.3, -0.25) is 0 Å². The fraction of sp³-hybridized carbons (Fsp3) is 0.250. The molecule has 0 aliphatic heterocycles. The zero-order valence-electron chi connectivity index (χ0n) is 10.5. The molecule has 0 atom stereocenters. The van der Waals surface area contributed by atoms with Crippen molar-refractivity contribution in [1.29, 1.82) is 0 Å². The molecule has 0 fully saturated rings. The van der Waals surface area contributed by atoms with Crippen LogP contribution in [0.4, 0.5) is 0 Å². The van der Waals surface area contributed by atoms with E-state index in [0.717, 1.165) is 5.33 Å². The van der Waals surface area contributed by atoms with Gasteiger partial charge in [-0.15, -0.1) is 0 Å². The molecule has 0 N–H and O–H groups in total. The number of halogens is 1. The van der Waals surface area contributed by atoms with Gasteiger partial charge in [0.2, 0.25) is 0 Å². The Labute approximate surface area is 125 Å². The van der Waals surface area contributed by atoms with Crippen molar-refractivity contribution in [3.8, 4) is 0 Å². The van der Waals surface area contributed by atoms with Gasteiger partial charge in [0.1, 0.15) is 0 Å². The molecular weight excluding hydrogens is 391 g/mol. The van der Waals surface area contributed by atoms with Crippen LogP contribution in [0.1, 0.15) is 12.8 Å². The molecule has 0 heterocycles. The van der Waals surface area contributed by atoms with Crippen LogP contribution in [0.15, 0.2) is 60.7 Å². The molecule has 0 unspecified atom stereocenters. The molecule has 0 saturated heterocycles. The second-order valence-corrected chi connectivity index (χ2v) is 12.6. The molecule has 0 saturated carbocycles. The van der Waals surface area contributed by atoms with Crippen LogP contribution in [-0.2, 0) is 0 Å².